The van der Waals surface area contributed by atoms with Crippen molar-refractivity contribution in [1.29, 1.82) is 0 Å². The highest BCUT2D eigenvalue weighted by Crippen LogP contribution is 2.58. The Morgan fingerprint density at radius 1 is 0.453 bits per heavy atom. The fourth-order valence-electron chi connectivity index (χ4n) is 9.97. The highest BCUT2D eigenvalue weighted by molar-refractivity contribution is 6.11. The van der Waals surface area contributed by atoms with E-state index in [9.17, 15) is 0 Å². The zero-order valence-electron chi connectivity index (χ0n) is 30.7. The molecule has 0 atom stereocenters. The van der Waals surface area contributed by atoms with Gasteiger partial charge < -0.3 is 9.32 Å². The summed E-state index contributed by atoms with van der Waals surface area (Å²) in [5.41, 5.74) is 17.2. The number of fused-ring (bicyclic) bond motifs is 13. The minimum Gasteiger partial charge on any atom is -0.454 e. The molecule has 2 nitrogen and oxygen atoms in total. The number of hydrogen-bond acceptors (Lipinski definition) is 2. The van der Waals surface area contributed by atoms with Crippen LogP contribution in [0.2, 0.25) is 0 Å². The molecule has 1 aromatic heterocycles. The van der Waals surface area contributed by atoms with Crippen molar-refractivity contribution in [2.24, 2.45) is 0 Å². The van der Waals surface area contributed by atoms with E-state index in [1.165, 1.54) is 71.6 Å². The largest absolute Gasteiger partial charge is 0.454 e. The van der Waals surface area contributed by atoms with Crippen molar-refractivity contribution in [3.05, 3.63) is 173 Å². The third kappa shape index (κ3) is 4.09. The predicted molar refractivity (Wildman–Crippen MR) is 223 cm³/mol. The molecule has 11 rings (SSSR count). The molecule has 1 heterocycles. The SMILES string of the molecule is Cc1cccc(N(c2ccc3c4c(ccc3c2)-c2cc3c(cc2C4(C)C)-c2ccc4ccccc4c2C3(C)C)c2cccc3c2oc2ccccc23)c1. The fraction of sp³-hybridized carbons (Fsp3) is 0.137. The molecule has 0 bridgehead atoms. The minimum absolute atomic E-state index is 0.0961. The van der Waals surface area contributed by atoms with Crippen LogP contribution in [0.3, 0.4) is 0 Å². The van der Waals surface area contributed by atoms with Gasteiger partial charge in [0.25, 0.3) is 0 Å². The summed E-state index contributed by atoms with van der Waals surface area (Å²) in [6.07, 6.45) is 0. The van der Waals surface area contributed by atoms with Crippen molar-refractivity contribution in [2.75, 3.05) is 4.90 Å². The molecule has 0 saturated heterocycles. The number of furan rings is 1. The van der Waals surface area contributed by atoms with E-state index in [2.05, 4.69) is 179 Å². The summed E-state index contributed by atoms with van der Waals surface area (Å²) in [6.45, 7) is 11.8. The Morgan fingerprint density at radius 3 is 1.79 bits per heavy atom. The fourth-order valence-corrected chi connectivity index (χ4v) is 9.97. The van der Waals surface area contributed by atoms with Gasteiger partial charge >= 0.3 is 0 Å². The van der Waals surface area contributed by atoms with E-state index < -0.39 is 0 Å². The summed E-state index contributed by atoms with van der Waals surface area (Å²) in [7, 11) is 0. The van der Waals surface area contributed by atoms with E-state index in [0.717, 1.165) is 39.0 Å². The van der Waals surface area contributed by atoms with Crippen LogP contribution in [0.1, 0.15) is 55.5 Å². The van der Waals surface area contributed by atoms with E-state index >= 15 is 0 Å². The smallest absolute Gasteiger partial charge is 0.159 e. The molecule has 0 radical (unpaired) electrons. The van der Waals surface area contributed by atoms with Crippen molar-refractivity contribution in [2.45, 2.75) is 45.4 Å². The zero-order chi connectivity index (χ0) is 35.8. The topological polar surface area (TPSA) is 16.4 Å². The van der Waals surface area contributed by atoms with Crippen LogP contribution in [-0.4, -0.2) is 0 Å². The van der Waals surface area contributed by atoms with Crippen LogP contribution in [0.4, 0.5) is 17.1 Å². The highest BCUT2D eigenvalue weighted by Gasteiger charge is 2.43. The Bertz CT molecular complexity index is 3030. The molecular formula is C51H39NO. The monoisotopic (exact) mass is 681 g/mol. The molecule has 0 unspecified atom stereocenters. The molecule has 0 saturated carbocycles. The first-order chi connectivity index (χ1) is 25.7. The van der Waals surface area contributed by atoms with Gasteiger partial charge in [0.05, 0.1) is 5.69 Å². The summed E-state index contributed by atoms with van der Waals surface area (Å²) in [6, 6.07) is 53.9. The lowest BCUT2D eigenvalue weighted by Gasteiger charge is -2.27. The summed E-state index contributed by atoms with van der Waals surface area (Å²) in [5, 5.41) is 7.48. The Labute approximate surface area is 309 Å². The standard InChI is InChI=1S/C51H39NO/c1-30-12-10-14-33(26-30)52(45-18-11-17-40-37-16-8-9-19-46(37)53-49(40)45)34-22-25-36-32(27-34)21-24-39-42-29-43-41(28-44(42)51(4,5)48(36)39)38-23-20-31-13-6-7-15-35(31)47(38)50(43,2)3/h6-29H,1-5H3. The van der Waals surface area contributed by atoms with Gasteiger partial charge in [-0.25, -0.2) is 0 Å². The summed E-state index contributed by atoms with van der Waals surface area (Å²) >= 11 is 0. The number of rotatable bonds is 3. The quantitative estimate of drug-likeness (QED) is 0.185. The van der Waals surface area contributed by atoms with Crippen LogP contribution in [0.5, 0.6) is 0 Å². The molecule has 8 aromatic carbocycles. The van der Waals surface area contributed by atoms with E-state index in [1.807, 2.05) is 6.07 Å². The van der Waals surface area contributed by atoms with E-state index in [0.29, 0.717) is 0 Å². The third-order valence-electron chi connectivity index (χ3n) is 12.4. The number of hydrogen-bond donors (Lipinski definition) is 0. The van der Waals surface area contributed by atoms with Gasteiger partial charge in [-0.05, 0) is 127 Å². The summed E-state index contributed by atoms with van der Waals surface area (Å²) in [4.78, 5) is 2.36. The second-order valence-electron chi connectivity index (χ2n) is 16.2. The molecule has 0 fully saturated rings. The molecular weight excluding hydrogens is 643 g/mol. The Hall–Kier alpha value is -6.12. The molecule has 254 valence electrons. The molecule has 0 aliphatic heterocycles. The maximum absolute atomic E-state index is 6.60. The second kappa shape index (κ2) is 10.5. The summed E-state index contributed by atoms with van der Waals surface area (Å²) in [5.74, 6) is 0. The third-order valence-corrected chi connectivity index (χ3v) is 12.4. The second-order valence-corrected chi connectivity index (χ2v) is 16.2. The van der Waals surface area contributed by atoms with Gasteiger partial charge in [-0.15, -0.1) is 0 Å². The first-order valence-corrected chi connectivity index (χ1v) is 18.8. The maximum Gasteiger partial charge on any atom is 0.159 e. The van der Waals surface area contributed by atoms with Crippen LogP contribution in [0.15, 0.2) is 150 Å². The molecule has 2 aliphatic rings. The Morgan fingerprint density at radius 2 is 1.06 bits per heavy atom. The Balaban J connectivity index is 1.09. The molecule has 0 amide bonds. The lowest BCUT2D eigenvalue weighted by molar-refractivity contribution is 0.657. The number of anilines is 3. The highest BCUT2D eigenvalue weighted by atomic mass is 16.3. The molecule has 0 N–H and O–H groups in total. The normalized spacial score (nSPS) is 14.8. The van der Waals surface area contributed by atoms with Gasteiger partial charge in [0.1, 0.15) is 5.58 Å². The molecule has 53 heavy (non-hydrogen) atoms. The number of para-hydroxylation sites is 2. The maximum atomic E-state index is 6.60. The summed E-state index contributed by atoms with van der Waals surface area (Å²) < 4.78 is 6.60. The Kier molecular flexibility index (Phi) is 6.03. The number of nitrogens with zero attached hydrogens (tertiary/aromatic N) is 1. The van der Waals surface area contributed by atoms with Crippen molar-refractivity contribution in [1.82, 2.24) is 0 Å². The van der Waals surface area contributed by atoms with Crippen molar-refractivity contribution < 1.29 is 4.42 Å². The van der Waals surface area contributed by atoms with Crippen molar-refractivity contribution >= 4 is 60.5 Å². The van der Waals surface area contributed by atoms with Crippen molar-refractivity contribution in [3.63, 3.8) is 0 Å². The number of benzene rings is 8. The van der Waals surface area contributed by atoms with Gasteiger partial charge in [0, 0.05) is 33.0 Å². The lowest BCUT2D eigenvalue weighted by atomic mass is 9.78. The first kappa shape index (κ1) is 30.5. The average Bonchev–Trinajstić information content (AvgIpc) is 3.74. The number of aryl methyl sites for hydroxylation is 1. The van der Waals surface area contributed by atoms with Crippen LogP contribution in [-0.2, 0) is 10.8 Å². The van der Waals surface area contributed by atoms with E-state index in [1.54, 1.807) is 0 Å². The zero-order valence-corrected chi connectivity index (χ0v) is 30.7. The van der Waals surface area contributed by atoms with Crippen LogP contribution >= 0.6 is 0 Å². The van der Waals surface area contributed by atoms with Crippen LogP contribution < -0.4 is 4.90 Å². The molecule has 2 aliphatic carbocycles. The van der Waals surface area contributed by atoms with E-state index in [4.69, 9.17) is 4.42 Å². The minimum atomic E-state index is -0.166. The average molecular weight is 682 g/mol. The molecule has 9 aromatic rings. The van der Waals surface area contributed by atoms with E-state index in [-0.39, 0.29) is 10.8 Å². The van der Waals surface area contributed by atoms with Gasteiger partial charge in [-0.2, -0.15) is 0 Å². The predicted octanol–water partition coefficient (Wildman–Crippen LogP) is 14.3. The van der Waals surface area contributed by atoms with Crippen LogP contribution in [0, 0.1) is 6.92 Å². The van der Waals surface area contributed by atoms with Crippen LogP contribution in [0.25, 0.3) is 65.7 Å². The molecule has 0 spiro atoms. The molecule has 2 heteroatoms. The van der Waals surface area contributed by atoms with Gasteiger partial charge in [-0.3, -0.25) is 0 Å². The lowest BCUT2D eigenvalue weighted by Crippen LogP contribution is -2.17. The van der Waals surface area contributed by atoms with Gasteiger partial charge in [-0.1, -0.05) is 125 Å². The van der Waals surface area contributed by atoms with Crippen molar-refractivity contribution in [3.8, 4) is 22.3 Å². The van der Waals surface area contributed by atoms with Gasteiger partial charge in [0.15, 0.2) is 5.58 Å². The first-order valence-electron chi connectivity index (χ1n) is 18.8. The van der Waals surface area contributed by atoms with Gasteiger partial charge in [0.2, 0.25) is 0 Å².